The summed E-state index contributed by atoms with van der Waals surface area (Å²) < 4.78 is 17.2. The van der Waals surface area contributed by atoms with Gasteiger partial charge in [-0.05, 0) is 29.0 Å². The normalized spacial score (nSPS) is 17.1. The predicted molar refractivity (Wildman–Crippen MR) is 121 cm³/mol. The lowest BCUT2D eigenvalue weighted by Crippen LogP contribution is -2.21. The van der Waals surface area contributed by atoms with E-state index in [0.29, 0.717) is 52.3 Å². The second kappa shape index (κ2) is 7.04. The zero-order valence-electron chi connectivity index (χ0n) is 16.8. The van der Waals surface area contributed by atoms with Crippen LogP contribution in [0.15, 0.2) is 66.1 Å². The molecule has 4 aromatic rings. The first kappa shape index (κ1) is 18.8. The van der Waals surface area contributed by atoms with Crippen LogP contribution in [0.4, 0.5) is 0 Å². The van der Waals surface area contributed by atoms with E-state index in [-0.39, 0.29) is 5.88 Å². The van der Waals surface area contributed by atoms with Crippen LogP contribution >= 0.6 is 11.6 Å². The molecule has 1 atom stereocenters. The van der Waals surface area contributed by atoms with Crippen molar-refractivity contribution in [2.75, 3.05) is 13.2 Å². The lowest BCUT2D eigenvalue weighted by atomic mass is 9.81. The minimum atomic E-state index is -0.521. The van der Waals surface area contributed by atoms with E-state index in [0.717, 1.165) is 21.7 Å². The van der Waals surface area contributed by atoms with Crippen molar-refractivity contribution in [3.8, 4) is 23.3 Å². The number of benzene rings is 3. The third-order valence-electron chi connectivity index (χ3n) is 5.88. The maximum atomic E-state index is 9.99. The van der Waals surface area contributed by atoms with Crippen LogP contribution in [0.3, 0.4) is 0 Å². The number of hydrogen-bond acceptors (Lipinski definition) is 6. The van der Waals surface area contributed by atoms with Crippen LogP contribution in [0.2, 0.25) is 5.15 Å². The number of fused-ring (bicyclic) bond motifs is 5. The van der Waals surface area contributed by atoms with Gasteiger partial charge in [0, 0.05) is 22.6 Å². The van der Waals surface area contributed by atoms with Gasteiger partial charge in [0.1, 0.15) is 35.8 Å². The van der Waals surface area contributed by atoms with Crippen molar-refractivity contribution >= 4 is 33.3 Å². The number of ether oxygens (including phenoxy) is 3. The molecule has 0 amide bonds. The zero-order valence-corrected chi connectivity index (χ0v) is 17.5. The highest BCUT2D eigenvalue weighted by Crippen LogP contribution is 2.48. The van der Waals surface area contributed by atoms with Gasteiger partial charge in [0.25, 0.3) is 0 Å². The number of rotatable bonds is 1. The largest absolute Gasteiger partial charge is 0.486 e. The molecule has 0 aliphatic carbocycles. The second-order valence-electron chi connectivity index (χ2n) is 7.68. The third-order valence-corrected chi connectivity index (χ3v) is 6.19. The molecule has 6 nitrogen and oxygen atoms in total. The summed E-state index contributed by atoms with van der Waals surface area (Å²) in [5, 5.41) is 13.1. The molecule has 0 fully saturated rings. The van der Waals surface area contributed by atoms with Crippen molar-refractivity contribution in [2.45, 2.75) is 5.92 Å². The summed E-state index contributed by atoms with van der Waals surface area (Å²) in [7, 11) is 0. The Hall–Kier alpha value is -3.95. The first-order valence-electron chi connectivity index (χ1n) is 10.1. The number of hydrogen-bond donors (Lipinski definition) is 1. The van der Waals surface area contributed by atoms with E-state index in [1.54, 1.807) is 0 Å². The molecule has 0 bridgehead atoms. The van der Waals surface area contributed by atoms with Gasteiger partial charge in [0.05, 0.1) is 11.4 Å². The molecule has 0 saturated carbocycles. The van der Waals surface area contributed by atoms with Crippen LogP contribution < -0.4 is 19.9 Å². The highest BCUT2D eigenvalue weighted by molar-refractivity contribution is 6.30. The Kier molecular flexibility index (Phi) is 4.14. The maximum Gasteiger partial charge on any atom is 0.205 e. The first-order valence-corrected chi connectivity index (χ1v) is 10.5. The lowest BCUT2D eigenvalue weighted by Gasteiger charge is -2.28. The number of nitrogens with two attached hydrogens (primary N) is 1. The van der Waals surface area contributed by atoms with Gasteiger partial charge in [-0.2, -0.15) is 5.26 Å². The SMILES string of the molecule is N#CC1=C(N)Oc2ccc3ccccc3c2C1c1cc2cc3c(cc2nc1Cl)OCCO3. The Labute approximate surface area is 188 Å². The molecule has 6 rings (SSSR count). The minimum absolute atomic E-state index is 0.0682. The van der Waals surface area contributed by atoms with Crippen molar-refractivity contribution in [1.82, 2.24) is 4.98 Å². The molecule has 7 heteroatoms. The monoisotopic (exact) mass is 441 g/mol. The Morgan fingerprint density at radius 1 is 0.969 bits per heavy atom. The summed E-state index contributed by atoms with van der Waals surface area (Å²) in [6.45, 7) is 0.982. The lowest BCUT2D eigenvalue weighted by molar-refractivity contribution is 0.172. The van der Waals surface area contributed by atoms with Crippen LogP contribution in [0.5, 0.6) is 17.2 Å². The summed E-state index contributed by atoms with van der Waals surface area (Å²) in [6.07, 6.45) is 0. The molecular weight excluding hydrogens is 426 g/mol. The molecule has 3 aromatic carbocycles. The molecular formula is C25H16ClN3O3. The van der Waals surface area contributed by atoms with Gasteiger partial charge in [-0.3, -0.25) is 0 Å². The Morgan fingerprint density at radius 2 is 1.75 bits per heavy atom. The van der Waals surface area contributed by atoms with Crippen molar-refractivity contribution in [3.63, 3.8) is 0 Å². The van der Waals surface area contributed by atoms with Crippen molar-refractivity contribution in [2.24, 2.45) is 5.73 Å². The summed E-state index contributed by atoms with van der Waals surface area (Å²) in [4.78, 5) is 4.62. The number of halogens is 1. The molecule has 1 aromatic heterocycles. The van der Waals surface area contributed by atoms with Gasteiger partial charge in [0.15, 0.2) is 11.5 Å². The second-order valence-corrected chi connectivity index (χ2v) is 8.04. The molecule has 2 aliphatic rings. The topological polar surface area (TPSA) is 90.4 Å². The molecule has 156 valence electrons. The van der Waals surface area contributed by atoms with E-state index in [2.05, 4.69) is 11.1 Å². The number of nitrogens with zero attached hydrogens (tertiary/aromatic N) is 2. The van der Waals surface area contributed by atoms with Crippen molar-refractivity contribution in [3.05, 3.63) is 82.3 Å². The fraction of sp³-hybridized carbons (Fsp3) is 0.120. The zero-order chi connectivity index (χ0) is 21.8. The molecule has 0 spiro atoms. The standard InChI is InChI=1S/C25H16ClN3O3/c26-24-16(9-14-10-20-21(11-18(14)29-24)31-8-7-30-20)22-17(12-27)25(28)32-19-6-5-13-3-1-2-4-15(13)23(19)22/h1-6,9-11,22H,7-8,28H2. The van der Waals surface area contributed by atoms with Gasteiger partial charge in [-0.25, -0.2) is 4.98 Å². The Morgan fingerprint density at radius 3 is 2.56 bits per heavy atom. The average molecular weight is 442 g/mol. The van der Waals surface area contributed by atoms with E-state index < -0.39 is 5.92 Å². The molecule has 0 radical (unpaired) electrons. The van der Waals surface area contributed by atoms with Crippen LogP contribution in [0.25, 0.3) is 21.7 Å². The molecule has 0 saturated heterocycles. The van der Waals surface area contributed by atoms with E-state index in [1.165, 1.54) is 0 Å². The third kappa shape index (κ3) is 2.75. The number of allylic oxidation sites excluding steroid dienone is 1. The van der Waals surface area contributed by atoms with E-state index in [4.69, 9.17) is 31.5 Å². The van der Waals surface area contributed by atoms with Crippen molar-refractivity contribution < 1.29 is 14.2 Å². The maximum absolute atomic E-state index is 9.99. The van der Waals surface area contributed by atoms with Gasteiger partial charge < -0.3 is 19.9 Å². The fourth-order valence-electron chi connectivity index (χ4n) is 4.46. The van der Waals surface area contributed by atoms with E-state index >= 15 is 0 Å². The number of nitriles is 1. The minimum Gasteiger partial charge on any atom is -0.486 e. The van der Waals surface area contributed by atoms with E-state index in [9.17, 15) is 5.26 Å². The summed E-state index contributed by atoms with van der Waals surface area (Å²) in [5.41, 5.74) is 8.67. The summed E-state index contributed by atoms with van der Waals surface area (Å²) >= 11 is 6.71. The number of pyridine rings is 1. The average Bonchev–Trinajstić information content (AvgIpc) is 2.81. The highest BCUT2D eigenvalue weighted by Gasteiger charge is 2.34. The van der Waals surface area contributed by atoms with Crippen LogP contribution in [0.1, 0.15) is 17.0 Å². The van der Waals surface area contributed by atoms with Gasteiger partial charge in [-0.15, -0.1) is 0 Å². The van der Waals surface area contributed by atoms with E-state index in [1.807, 2.05) is 54.6 Å². The molecule has 3 heterocycles. The van der Waals surface area contributed by atoms with Gasteiger partial charge in [0.2, 0.25) is 5.88 Å². The predicted octanol–water partition coefficient (Wildman–Crippen LogP) is 5.03. The smallest absolute Gasteiger partial charge is 0.205 e. The summed E-state index contributed by atoms with van der Waals surface area (Å²) in [6, 6.07) is 19.7. The Balaban J connectivity index is 1.64. The molecule has 2 aliphatic heterocycles. The van der Waals surface area contributed by atoms with Crippen LogP contribution in [-0.4, -0.2) is 18.2 Å². The van der Waals surface area contributed by atoms with Gasteiger partial charge >= 0.3 is 0 Å². The number of aromatic nitrogens is 1. The molecule has 2 N–H and O–H groups in total. The molecule has 1 unspecified atom stereocenters. The van der Waals surface area contributed by atoms with Crippen LogP contribution in [-0.2, 0) is 0 Å². The van der Waals surface area contributed by atoms with Crippen molar-refractivity contribution in [1.29, 1.82) is 5.26 Å². The first-order chi connectivity index (χ1) is 15.6. The quantitative estimate of drug-likeness (QED) is 0.416. The highest BCUT2D eigenvalue weighted by atomic mass is 35.5. The summed E-state index contributed by atoms with van der Waals surface area (Å²) in [5.74, 6) is 1.45. The van der Waals surface area contributed by atoms with Crippen LogP contribution in [0, 0.1) is 11.3 Å². The van der Waals surface area contributed by atoms with Gasteiger partial charge in [-0.1, -0.05) is 41.9 Å². The Bertz CT molecular complexity index is 1510. The molecule has 32 heavy (non-hydrogen) atoms. The fourth-order valence-corrected chi connectivity index (χ4v) is 4.71.